The van der Waals surface area contributed by atoms with Gasteiger partial charge in [-0.1, -0.05) is 46.2 Å². The summed E-state index contributed by atoms with van der Waals surface area (Å²) in [5, 5.41) is 53.7. The quantitative estimate of drug-likeness (QED) is 0.0291. The Bertz CT molecular complexity index is 2430. The van der Waals surface area contributed by atoms with E-state index in [0.717, 1.165) is 6.92 Å². The minimum Gasteiger partial charge on any atom is -0.508 e. The van der Waals surface area contributed by atoms with Gasteiger partial charge in [0.15, 0.2) is 0 Å². The minimum atomic E-state index is -1.73. The van der Waals surface area contributed by atoms with Crippen LogP contribution in [0.2, 0.25) is 0 Å². The number of benzene rings is 1. The van der Waals surface area contributed by atoms with Crippen molar-refractivity contribution >= 4 is 96.2 Å². The van der Waals surface area contributed by atoms with Crippen LogP contribution in [-0.2, 0) is 70.4 Å². The zero-order valence-electron chi connectivity index (χ0n) is 44.5. The molecular formula is C48H74N14O15S2. The lowest BCUT2D eigenvalue weighted by Crippen LogP contribution is -2.61. The summed E-state index contributed by atoms with van der Waals surface area (Å²) in [6, 6.07) is -6.62. The molecule has 0 aliphatic carbocycles. The second-order valence-electron chi connectivity index (χ2n) is 18.8. The van der Waals surface area contributed by atoms with Gasteiger partial charge in [-0.3, -0.25) is 52.7 Å². The number of thiol groups is 2. The molecule has 0 saturated heterocycles. The number of rotatable bonds is 34. The van der Waals surface area contributed by atoms with Crippen molar-refractivity contribution in [3.8, 4) is 5.75 Å². The molecule has 0 fully saturated rings. The van der Waals surface area contributed by atoms with Crippen molar-refractivity contribution in [1.82, 2.24) is 63.1 Å². The maximum Gasteiger partial charge on any atom is 0.327 e. The fourth-order valence-corrected chi connectivity index (χ4v) is 7.54. The van der Waals surface area contributed by atoms with Gasteiger partial charge in [0.1, 0.15) is 54.1 Å². The monoisotopic (exact) mass is 1150 g/mol. The number of amides is 11. The fourth-order valence-electron chi connectivity index (χ4n) is 7.13. The molecule has 79 heavy (non-hydrogen) atoms. The van der Waals surface area contributed by atoms with E-state index in [2.05, 4.69) is 88.4 Å². The van der Waals surface area contributed by atoms with Gasteiger partial charge in [-0.2, -0.15) is 25.3 Å². The van der Waals surface area contributed by atoms with Crippen LogP contribution in [0.1, 0.15) is 72.1 Å². The van der Waals surface area contributed by atoms with Crippen LogP contribution in [0, 0.1) is 11.8 Å². The van der Waals surface area contributed by atoms with Crippen molar-refractivity contribution in [1.29, 1.82) is 0 Å². The Hall–Kier alpha value is -7.51. The molecule has 0 aliphatic rings. The molecule has 18 N–H and O–H groups in total. The van der Waals surface area contributed by atoms with Gasteiger partial charge in [0.05, 0.1) is 31.6 Å². The molecule has 0 bridgehead atoms. The predicted octanol–water partition coefficient (Wildman–Crippen LogP) is -5.35. The molecule has 438 valence electrons. The summed E-state index contributed by atoms with van der Waals surface area (Å²) in [5.41, 5.74) is 12.1. The highest BCUT2D eigenvalue weighted by Crippen LogP contribution is 2.15. The average molecular weight is 1150 g/mol. The number of nitrogens with zero attached hydrogens (tertiary/aromatic N) is 1. The van der Waals surface area contributed by atoms with Crippen molar-refractivity contribution in [2.45, 2.75) is 134 Å². The number of carboxylic acid groups (broad SMARTS) is 1. The fraction of sp³-hybridized carbons (Fsp3) is 0.562. The van der Waals surface area contributed by atoms with Crippen LogP contribution in [0.3, 0.4) is 0 Å². The Labute approximate surface area is 466 Å². The molecule has 0 aliphatic heterocycles. The number of aromatic amines is 1. The Balaban J connectivity index is 2.18. The number of hydrogen-bond acceptors (Lipinski definition) is 18. The standard InChI is InChI=1S/C48H74N14O15S2/c1-7-23(4)38(62-44(72)31(14-26-8-10-28(64)11-9-26)59-43(71)32(15-27-16-51-21-54-27)58-41(69)29(49)19-78)46(74)55-24(5)40(68)52-18-36(67)60-39(25(6)63)47(75)61-37(22(2)3)45(73)57-30(12-13-34(50)65)42(70)53-17-35(66)56-33(20-79)48(76)77/h8-11,16,21-25,29-33,37-39,63-64,78-79H,7,12-15,17-20,49H2,1-6H3,(H2,50,65)(H,51,54)(H,52,68)(H,53,70)(H,55,74)(H,56,66)(H,57,73)(H,58,69)(H,59,71)(H,60,67)(H,61,75)(H,62,72)(H,76,77)/t23-,24-,25+,29-,30-,31-,32-,33-,37-,38-,39-/m0/s1. The van der Waals surface area contributed by atoms with E-state index < -0.39 is 163 Å². The molecule has 1 aromatic carbocycles. The van der Waals surface area contributed by atoms with Gasteiger partial charge in [-0.25, -0.2) is 9.78 Å². The molecule has 0 spiro atoms. The number of aromatic hydroxyl groups is 1. The summed E-state index contributed by atoms with van der Waals surface area (Å²) in [4.78, 5) is 163. The van der Waals surface area contributed by atoms with Crippen molar-refractivity contribution in [2.24, 2.45) is 23.3 Å². The number of phenolic OH excluding ortho intramolecular Hbond substituents is 1. The molecule has 2 rings (SSSR count). The van der Waals surface area contributed by atoms with Crippen molar-refractivity contribution < 1.29 is 72.9 Å². The normalized spacial score (nSPS) is 15.2. The SMILES string of the molecule is CC[C@H](C)[C@H](NC(=O)[C@H](Cc1ccc(O)cc1)NC(=O)[C@H](Cc1cnc[nH]1)NC(=O)[C@@H](N)CS)C(=O)N[C@@H](C)C(=O)NCC(=O)N[C@H](C(=O)N[C@H](C(=O)N[C@@H](CCC(N)=O)C(=O)NCC(=O)N[C@@H](CS)C(=O)O)C(C)C)[C@@H](C)O. The first-order valence-corrected chi connectivity index (χ1v) is 26.3. The largest absolute Gasteiger partial charge is 0.508 e. The Morgan fingerprint density at radius 2 is 1.15 bits per heavy atom. The predicted molar refractivity (Wildman–Crippen MR) is 289 cm³/mol. The van der Waals surface area contributed by atoms with Gasteiger partial charge in [0.25, 0.3) is 0 Å². The van der Waals surface area contributed by atoms with E-state index in [1.165, 1.54) is 57.6 Å². The number of imidazole rings is 1. The molecule has 0 unspecified atom stereocenters. The molecule has 11 atom stereocenters. The minimum absolute atomic E-state index is 0.0369. The molecule has 29 nitrogen and oxygen atoms in total. The third kappa shape index (κ3) is 23.6. The van der Waals surface area contributed by atoms with E-state index in [4.69, 9.17) is 16.6 Å². The number of aliphatic hydroxyl groups is 1. The number of phenols is 1. The smallest absolute Gasteiger partial charge is 0.327 e. The van der Waals surface area contributed by atoms with Gasteiger partial charge >= 0.3 is 5.97 Å². The Morgan fingerprint density at radius 3 is 1.68 bits per heavy atom. The van der Waals surface area contributed by atoms with Gasteiger partial charge in [0.2, 0.25) is 65.0 Å². The second-order valence-corrected chi connectivity index (χ2v) is 19.6. The molecule has 11 amide bonds. The topological polar surface area (TPSA) is 467 Å². The van der Waals surface area contributed by atoms with Crippen LogP contribution in [-0.4, -0.2) is 181 Å². The van der Waals surface area contributed by atoms with E-state index in [9.17, 15) is 67.7 Å². The number of aromatic nitrogens is 2. The number of nitrogens with two attached hydrogens (primary N) is 2. The number of nitrogens with one attached hydrogen (secondary N) is 11. The van der Waals surface area contributed by atoms with Crippen LogP contribution in [0.15, 0.2) is 36.8 Å². The molecule has 0 radical (unpaired) electrons. The number of hydrogen-bond donors (Lipinski definition) is 18. The number of aliphatic hydroxyl groups excluding tert-OH is 1. The van der Waals surface area contributed by atoms with Gasteiger partial charge in [-0.05, 0) is 49.8 Å². The summed E-state index contributed by atoms with van der Waals surface area (Å²) < 4.78 is 0. The number of primary amides is 1. The first kappa shape index (κ1) is 67.6. The van der Waals surface area contributed by atoms with Crippen molar-refractivity contribution in [3.05, 3.63) is 48.0 Å². The lowest BCUT2D eigenvalue weighted by Gasteiger charge is -2.29. The summed E-state index contributed by atoms with van der Waals surface area (Å²) in [6.07, 6.45) is 0.563. The number of H-pyrrole nitrogens is 1. The highest BCUT2D eigenvalue weighted by molar-refractivity contribution is 7.80. The lowest BCUT2D eigenvalue weighted by atomic mass is 9.96. The van der Waals surface area contributed by atoms with Crippen LogP contribution >= 0.6 is 25.3 Å². The Kier molecular flexibility index (Phi) is 28.8. The van der Waals surface area contributed by atoms with E-state index in [0.29, 0.717) is 17.7 Å². The molecule has 1 heterocycles. The van der Waals surface area contributed by atoms with Crippen LogP contribution in [0.4, 0.5) is 0 Å². The summed E-state index contributed by atoms with van der Waals surface area (Å²) >= 11 is 7.90. The summed E-state index contributed by atoms with van der Waals surface area (Å²) in [5.74, 6) is -12.8. The second kappa shape index (κ2) is 33.7. The summed E-state index contributed by atoms with van der Waals surface area (Å²) in [7, 11) is 0. The van der Waals surface area contributed by atoms with Crippen LogP contribution < -0.4 is 64.6 Å². The van der Waals surface area contributed by atoms with E-state index in [1.54, 1.807) is 13.8 Å². The van der Waals surface area contributed by atoms with Crippen LogP contribution in [0.25, 0.3) is 0 Å². The zero-order valence-corrected chi connectivity index (χ0v) is 46.3. The number of carbonyl (C=O) groups excluding carboxylic acids is 11. The van der Waals surface area contributed by atoms with Gasteiger partial charge in [0, 0.05) is 42.7 Å². The molecular weight excluding hydrogens is 1080 g/mol. The molecule has 2 aromatic rings. The highest BCUT2D eigenvalue weighted by Gasteiger charge is 2.36. The lowest BCUT2D eigenvalue weighted by molar-refractivity contribution is -0.141. The van der Waals surface area contributed by atoms with E-state index in [-0.39, 0.29) is 36.5 Å². The van der Waals surface area contributed by atoms with Crippen LogP contribution in [0.5, 0.6) is 5.75 Å². The van der Waals surface area contributed by atoms with E-state index >= 15 is 0 Å². The maximum atomic E-state index is 14.2. The first-order valence-electron chi connectivity index (χ1n) is 25.0. The van der Waals surface area contributed by atoms with Gasteiger partial charge in [-0.15, -0.1) is 0 Å². The zero-order chi connectivity index (χ0) is 59.7. The maximum absolute atomic E-state index is 14.2. The third-order valence-corrected chi connectivity index (χ3v) is 12.8. The Morgan fingerprint density at radius 1 is 0.620 bits per heavy atom. The molecule has 1 aromatic heterocycles. The molecule has 0 saturated carbocycles. The van der Waals surface area contributed by atoms with Crippen molar-refractivity contribution in [2.75, 3.05) is 24.6 Å². The number of carbonyl (C=O) groups is 12. The van der Waals surface area contributed by atoms with E-state index in [1.807, 2.05) is 0 Å². The number of aliphatic carboxylic acids is 1. The number of carboxylic acids is 1. The molecule has 31 heteroatoms. The summed E-state index contributed by atoms with van der Waals surface area (Å²) in [6.45, 7) is 7.34. The van der Waals surface area contributed by atoms with Crippen molar-refractivity contribution in [3.63, 3.8) is 0 Å². The first-order chi connectivity index (χ1) is 37.1. The third-order valence-electron chi connectivity index (χ3n) is 12.0. The van der Waals surface area contributed by atoms with Gasteiger partial charge < -0.3 is 84.9 Å². The average Bonchev–Trinajstić information content (AvgIpc) is 3.92. The highest BCUT2D eigenvalue weighted by atomic mass is 32.1.